The Labute approximate surface area is 103 Å². The number of benzene rings is 1. The van der Waals surface area contributed by atoms with Crippen molar-refractivity contribution >= 4 is 17.7 Å². The molecule has 0 radical (unpaired) electrons. The normalized spacial score (nSPS) is 10.1. The Morgan fingerprint density at radius 1 is 1.28 bits per heavy atom. The zero-order chi connectivity index (χ0) is 13.1. The third kappa shape index (κ3) is 2.37. The number of aromatic nitrogens is 2. The zero-order valence-electron chi connectivity index (χ0n) is 9.62. The van der Waals surface area contributed by atoms with E-state index in [0.29, 0.717) is 17.1 Å². The Morgan fingerprint density at radius 3 is 2.50 bits per heavy atom. The van der Waals surface area contributed by atoms with Crippen LogP contribution in [0, 0.1) is 0 Å². The van der Waals surface area contributed by atoms with E-state index in [1.54, 1.807) is 24.3 Å². The molecule has 0 spiro atoms. The summed E-state index contributed by atoms with van der Waals surface area (Å²) in [6, 6.07) is 6.79. The van der Waals surface area contributed by atoms with Crippen molar-refractivity contribution in [2.24, 2.45) is 0 Å². The molecule has 2 aromatic rings. The van der Waals surface area contributed by atoms with Crippen LogP contribution in [0.1, 0.15) is 6.92 Å². The van der Waals surface area contributed by atoms with Crippen molar-refractivity contribution in [1.29, 1.82) is 0 Å². The Hall–Kier alpha value is -2.63. The first-order valence-corrected chi connectivity index (χ1v) is 5.22. The van der Waals surface area contributed by atoms with E-state index in [4.69, 9.17) is 5.11 Å². The van der Waals surface area contributed by atoms with Crippen LogP contribution in [0.15, 0.2) is 36.7 Å². The molecule has 0 fully saturated rings. The van der Waals surface area contributed by atoms with Crippen molar-refractivity contribution in [1.82, 2.24) is 9.55 Å². The summed E-state index contributed by atoms with van der Waals surface area (Å²) in [5.74, 6) is 0.187. The van der Waals surface area contributed by atoms with Crippen LogP contribution in [0.3, 0.4) is 0 Å². The van der Waals surface area contributed by atoms with Crippen molar-refractivity contribution in [3.8, 4) is 11.4 Å². The Balaban J connectivity index is 2.31. The summed E-state index contributed by atoms with van der Waals surface area (Å²) in [5, 5.41) is 11.6. The van der Waals surface area contributed by atoms with Crippen LogP contribution in [0.25, 0.3) is 11.4 Å². The standard InChI is InChI=1S/C12H11N3O3/c1-8(16)14-10-4-2-9(3-5-10)11-13-6-7-15(11)12(17)18/h2-7H,1H3,(H,14,16)(H,17,18). The van der Waals surface area contributed by atoms with E-state index in [1.165, 1.54) is 19.3 Å². The van der Waals surface area contributed by atoms with Gasteiger partial charge in [0.25, 0.3) is 0 Å². The highest BCUT2D eigenvalue weighted by Crippen LogP contribution is 2.19. The Morgan fingerprint density at radius 2 is 1.94 bits per heavy atom. The number of anilines is 1. The van der Waals surface area contributed by atoms with Crippen LogP contribution in [-0.2, 0) is 4.79 Å². The number of rotatable bonds is 2. The van der Waals surface area contributed by atoms with Gasteiger partial charge in [-0.2, -0.15) is 0 Å². The third-order valence-corrected chi connectivity index (χ3v) is 2.31. The first-order chi connectivity index (χ1) is 8.58. The predicted octanol–water partition coefficient (Wildman–Crippen LogP) is 2.03. The molecule has 0 aliphatic heterocycles. The molecule has 2 N–H and O–H groups in total. The minimum atomic E-state index is -1.09. The monoisotopic (exact) mass is 245 g/mol. The molecule has 6 heteroatoms. The van der Waals surface area contributed by atoms with E-state index >= 15 is 0 Å². The molecule has 2 rings (SSSR count). The van der Waals surface area contributed by atoms with Gasteiger partial charge in [0.2, 0.25) is 5.91 Å². The molecule has 92 valence electrons. The molecule has 1 amide bonds. The summed E-state index contributed by atoms with van der Waals surface area (Å²) < 4.78 is 1.04. The van der Waals surface area contributed by atoms with Crippen LogP contribution in [0.4, 0.5) is 10.5 Å². The van der Waals surface area contributed by atoms with Gasteiger partial charge in [0.15, 0.2) is 0 Å². The third-order valence-electron chi connectivity index (χ3n) is 2.31. The molecule has 0 aliphatic rings. The van der Waals surface area contributed by atoms with E-state index in [9.17, 15) is 9.59 Å². The molecular weight excluding hydrogens is 234 g/mol. The lowest BCUT2D eigenvalue weighted by molar-refractivity contribution is -0.114. The van der Waals surface area contributed by atoms with Gasteiger partial charge in [0.1, 0.15) is 5.82 Å². The van der Waals surface area contributed by atoms with Crippen molar-refractivity contribution in [3.05, 3.63) is 36.7 Å². The highest BCUT2D eigenvalue weighted by atomic mass is 16.4. The van der Waals surface area contributed by atoms with Crippen LogP contribution in [0.2, 0.25) is 0 Å². The molecule has 0 saturated carbocycles. The number of amides is 1. The SMILES string of the molecule is CC(=O)Nc1ccc(-c2nccn2C(=O)O)cc1. The second kappa shape index (κ2) is 4.70. The van der Waals surface area contributed by atoms with Gasteiger partial charge in [-0.1, -0.05) is 0 Å². The van der Waals surface area contributed by atoms with Crippen LogP contribution < -0.4 is 5.32 Å². The fourth-order valence-corrected chi connectivity index (χ4v) is 1.58. The molecule has 1 aromatic carbocycles. The summed E-state index contributed by atoms with van der Waals surface area (Å²) >= 11 is 0. The average molecular weight is 245 g/mol. The Bertz CT molecular complexity index is 587. The minimum Gasteiger partial charge on any atom is -0.464 e. The lowest BCUT2D eigenvalue weighted by atomic mass is 10.2. The van der Waals surface area contributed by atoms with Gasteiger partial charge in [-0.05, 0) is 24.3 Å². The highest BCUT2D eigenvalue weighted by Gasteiger charge is 2.10. The molecule has 0 saturated heterocycles. The van der Waals surface area contributed by atoms with Crippen LogP contribution >= 0.6 is 0 Å². The summed E-state index contributed by atoms with van der Waals surface area (Å²) in [7, 11) is 0. The summed E-state index contributed by atoms with van der Waals surface area (Å²) in [6.45, 7) is 1.42. The first-order valence-electron chi connectivity index (χ1n) is 5.22. The number of nitrogens with one attached hydrogen (secondary N) is 1. The van der Waals surface area contributed by atoms with Gasteiger partial charge in [-0.15, -0.1) is 0 Å². The molecular formula is C12H11N3O3. The second-order valence-corrected chi connectivity index (χ2v) is 3.66. The number of hydrogen-bond donors (Lipinski definition) is 2. The number of imidazole rings is 1. The molecule has 1 aromatic heterocycles. The molecule has 0 unspecified atom stereocenters. The van der Waals surface area contributed by atoms with E-state index < -0.39 is 6.09 Å². The smallest absolute Gasteiger partial charge is 0.417 e. The van der Waals surface area contributed by atoms with E-state index in [-0.39, 0.29) is 5.91 Å². The number of hydrogen-bond acceptors (Lipinski definition) is 3. The summed E-state index contributed by atoms with van der Waals surface area (Å²) in [6.07, 6.45) is 1.71. The minimum absolute atomic E-state index is 0.158. The average Bonchev–Trinajstić information content (AvgIpc) is 2.78. The number of carbonyl (C=O) groups is 2. The number of carboxylic acid groups (broad SMARTS) is 1. The predicted molar refractivity (Wildman–Crippen MR) is 65.4 cm³/mol. The number of nitrogens with zero attached hydrogens (tertiary/aromatic N) is 2. The van der Waals surface area contributed by atoms with Gasteiger partial charge in [-0.3, -0.25) is 4.79 Å². The van der Waals surface area contributed by atoms with E-state index in [1.807, 2.05) is 0 Å². The lowest BCUT2D eigenvalue weighted by Crippen LogP contribution is -2.08. The maximum absolute atomic E-state index is 10.9. The maximum Gasteiger partial charge on any atom is 0.417 e. The van der Waals surface area contributed by atoms with E-state index in [2.05, 4.69) is 10.3 Å². The van der Waals surface area contributed by atoms with Gasteiger partial charge < -0.3 is 10.4 Å². The molecule has 0 atom stereocenters. The Kier molecular flexibility index (Phi) is 3.09. The zero-order valence-corrected chi connectivity index (χ0v) is 9.62. The van der Waals surface area contributed by atoms with Gasteiger partial charge >= 0.3 is 6.09 Å². The molecule has 6 nitrogen and oxygen atoms in total. The fourth-order valence-electron chi connectivity index (χ4n) is 1.58. The van der Waals surface area contributed by atoms with Crippen molar-refractivity contribution < 1.29 is 14.7 Å². The molecule has 0 bridgehead atoms. The molecule has 18 heavy (non-hydrogen) atoms. The van der Waals surface area contributed by atoms with Gasteiger partial charge in [0.05, 0.1) is 0 Å². The highest BCUT2D eigenvalue weighted by molar-refractivity contribution is 5.89. The van der Waals surface area contributed by atoms with Gasteiger partial charge in [-0.25, -0.2) is 14.3 Å². The van der Waals surface area contributed by atoms with Crippen molar-refractivity contribution in [3.63, 3.8) is 0 Å². The van der Waals surface area contributed by atoms with Gasteiger partial charge in [0, 0.05) is 30.6 Å². The topological polar surface area (TPSA) is 84.2 Å². The fraction of sp³-hybridized carbons (Fsp3) is 0.0833. The van der Waals surface area contributed by atoms with Crippen LogP contribution in [-0.4, -0.2) is 26.7 Å². The summed E-state index contributed by atoms with van der Waals surface area (Å²) in [5.41, 5.74) is 1.32. The van der Waals surface area contributed by atoms with Crippen molar-refractivity contribution in [2.45, 2.75) is 6.92 Å². The first kappa shape index (κ1) is 11.8. The van der Waals surface area contributed by atoms with E-state index in [0.717, 1.165) is 4.57 Å². The largest absolute Gasteiger partial charge is 0.464 e. The quantitative estimate of drug-likeness (QED) is 0.847. The van der Waals surface area contributed by atoms with Crippen molar-refractivity contribution in [2.75, 3.05) is 5.32 Å². The lowest BCUT2D eigenvalue weighted by Gasteiger charge is -2.05. The maximum atomic E-state index is 10.9. The molecule has 0 aliphatic carbocycles. The molecule has 1 heterocycles. The summed E-state index contributed by atoms with van der Waals surface area (Å²) in [4.78, 5) is 25.8. The number of carbonyl (C=O) groups excluding carboxylic acids is 1. The second-order valence-electron chi connectivity index (χ2n) is 3.66. The van der Waals surface area contributed by atoms with Crippen LogP contribution in [0.5, 0.6) is 0 Å².